The number of carbonyl (C=O) groups excluding carboxylic acids is 1. The maximum Gasteiger partial charge on any atom is 0.148 e. The molecule has 0 aromatic rings. The van der Waals surface area contributed by atoms with Crippen LogP contribution in [0.4, 0.5) is 0 Å². The summed E-state index contributed by atoms with van der Waals surface area (Å²) in [6.07, 6.45) is 14.9. The molecule has 2 nitrogen and oxygen atoms in total. The Kier molecular flexibility index (Phi) is 2.30. The molecular weight excluding hydrogens is 224 g/mol. The lowest BCUT2D eigenvalue weighted by Crippen LogP contribution is -2.59. The van der Waals surface area contributed by atoms with Crippen LogP contribution in [0.3, 0.4) is 0 Å². The molecule has 0 N–H and O–H groups in total. The molecule has 0 aromatic heterocycles. The van der Waals surface area contributed by atoms with Gasteiger partial charge in [-0.05, 0) is 25.7 Å². The minimum Gasteiger partial charge on any atom is -0.362 e. The lowest BCUT2D eigenvalue weighted by Gasteiger charge is -2.52. The first kappa shape index (κ1) is 11.2. The van der Waals surface area contributed by atoms with Crippen molar-refractivity contribution in [2.24, 2.45) is 11.3 Å². The van der Waals surface area contributed by atoms with Gasteiger partial charge in [0.2, 0.25) is 0 Å². The van der Waals surface area contributed by atoms with Gasteiger partial charge in [0.25, 0.3) is 0 Å². The quantitative estimate of drug-likeness (QED) is 0.612. The first-order chi connectivity index (χ1) is 8.77. The van der Waals surface area contributed by atoms with E-state index >= 15 is 0 Å². The predicted octanol–water partition coefficient (Wildman–Crippen LogP) is 3.40. The minimum atomic E-state index is -0.192. The molecule has 18 heavy (non-hydrogen) atoms. The molecule has 98 valence electrons. The smallest absolute Gasteiger partial charge is 0.148 e. The van der Waals surface area contributed by atoms with Gasteiger partial charge in [-0.25, -0.2) is 0 Å². The second-order valence-electron chi connectivity index (χ2n) is 6.73. The van der Waals surface area contributed by atoms with Gasteiger partial charge in [0.1, 0.15) is 5.78 Å². The fourth-order valence-corrected chi connectivity index (χ4v) is 4.92. The molecule has 2 spiro atoms. The van der Waals surface area contributed by atoms with Crippen molar-refractivity contribution in [3.63, 3.8) is 0 Å². The van der Waals surface area contributed by atoms with Crippen LogP contribution in [0.2, 0.25) is 0 Å². The highest BCUT2D eigenvalue weighted by Gasteiger charge is 2.62. The van der Waals surface area contributed by atoms with Crippen molar-refractivity contribution >= 4 is 5.78 Å². The number of hydrogen-bond donors (Lipinski definition) is 0. The van der Waals surface area contributed by atoms with Crippen LogP contribution in [-0.2, 0) is 9.53 Å². The molecule has 2 aliphatic heterocycles. The molecule has 3 fully saturated rings. The largest absolute Gasteiger partial charge is 0.362 e. The number of Topliss-reactive ketones (excluding diaryl/α,β-unsaturated/α-hetero) is 1. The average Bonchev–Trinajstić information content (AvgIpc) is 2.81. The SMILES string of the molecule is O=C1[C@H]2CCCC[C@@]23C=C[C@H](O3)C12CCCCC2. The van der Waals surface area contributed by atoms with E-state index < -0.39 is 0 Å². The van der Waals surface area contributed by atoms with Crippen molar-refractivity contribution in [1.82, 2.24) is 0 Å². The van der Waals surface area contributed by atoms with E-state index in [9.17, 15) is 4.79 Å². The van der Waals surface area contributed by atoms with Crippen LogP contribution in [0.15, 0.2) is 12.2 Å². The van der Waals surface area contributed by atoms with Gasteiger partial charge < -0.3 is 4.74 Å². The number of hydrogen-bond acceptors (Lipinski definition) is 2. The Balaban J connectivity index is 1.76. The Labute approximate surface area is 109 Å². The third kappa shape index (κ3) is 1.25. The summed E-state index contributed by atoms with van der Waals surface area (Å²) in [6, 6.07) is 0. The van der Waals surface area contributed by atoms with Gasteiger partial charge in [-0.15, -0.1) is 0 Å². The Morgan fingerprint density at radius 2 is 1.83 bits per heavy atom. The number of ether oxygens (including phenoxy) is 1. The van der Waals surface area contributed by atoms with E-state index in [0.717, 1.165) is 25.7 Å². The van der Waals surface area contributed by atoms with Crippen LogP contribution in [0, 0.1) is 11.3 Å². The molecular formula is C16H22O2. The van der Waals surface area contributed by atoms with Crippen LogP contribution in [-0.4, -0.2) is 17.5 Å². The van der Waals surface area contributed by atoms with Gasteiger partial charge in [-0.2, -0.15) is 0 Å². The third-order valence-corrected chi connectivity index (χ3v) is 5.90. The molecule has 2 heterocycles. The third-order valence-electron chi connectivity index (χ3n) is 5.90. The highest BCUT2D eigenvalue weighted by molar-refractivity contribution is 5.91. The van der Waals surface area contributed by atoms with Crippen LogP contribution in [0.1, 0.15) is 57.8 Å². The first-order valence-corrected chi connectivity index (χ1v) is 7.68. The summed E-state index contributed by atoms with van der Waals surface area (Å²) in [5, 5.41) is 0. The molecule has 3 atom stereocenters. The van der Waals surface area contributed by atoms with Crippen molar-refractivity contribution in [3.05, 3.63) is 12.2 Å². The topological polar surface area (TPSA) is 26.3 Å². The molecule has 4 aliphatic rings. The monoisotopic (exact) mass is 246 g/mol. The highest BCUT2D eigenvalue weighted by atomic mass is 16.5. The zero-order chi connectivity index (χ0) is 12.2. The van der Waals surface area contributed by atoms with Crippen LogP contribution >= 0.6 is 0 Å². The summed E-state index contributed by atoms with van der Waals surface area (Å²) >= 11 is 0. The van der Waals surface area contributed by atoms with Gasteiger partial charge in [0.15, 0.2) is 0 Å². The van der Waals surface area contributed by atoms with E-state index in [1.807, 2.05) is 0 Å². The van der Waals surface area contributed by atoms with E-state index in [2.05, 4.69) is 12.2 Å². The van der Waals surface area contributed by atoms with Gasteiger partial charge in [0, 0.05) is 0 Å². The second-order valence-corrected chi connectivity index (χ2v) is 6.73. The van der Waals surface area contributed by atoms with Gasteiger partial charge in [-0.3, -0.25) is 4.79 Å². The van der Waals surface area contributed by atoms with E-state index in [1.165, 1.54) is 32.1 Å². The maximum atomic E-state index is 13.1. The van der Waals surface area contributed by atoms with E-state index in [4.69, 9.17) is 4.74 Å². The number of rotatable bonds is 0. The van der Waals surface area contributed by atoms with E-state index in [-0.39, 0.29) is 23.0 Å². The molecule has 4 rings (SSSR count). The molecule has 2 heteroatoms. The maximum absolute atomic E-state index is 13.1. The normalized spacial score (nSPS) is 45.2. The summed E-state index contributed by atoms with van der Waals surface area (Å²) in [7, 11) is 0. The summed E-state index contributed by atoms with van der Waals surface area (Å²) in [5.41, 5.74) is -0.334. The zero-order valence-corrected chi connectivity index (χ0v) is 11.0. The molecule has 1 saturated heterocycles. The predicted molar refractivity (Wildman–Crippen MR) is 69.2 cm³/mol. The molecule has 2 saturated carbocycles. The van der Waals surface area contributed by atoms with Crippen LogP contribution < -0.4 is 0 Å². The van der Waals surface area contributed by atoms with Crippen molar-refractivity contribution in [1.29, 1.82) is 0 Å². The summed E-state index contributed by atoms with van der Waals surface area (Å²) in [6.45, 7) is 0. The molecule has 0 amide bonds. The van der Waals surface area contributed by atoms with Crippen LogP contribution in [0.5, 0.6) is 0 Å². The van der Waals surface area contributed by atoms with Crippen molar-refractivity contribution in [2.75, 3.05) is 0 Å². The van der Waals surface area contributed by atoms with Gasteiger partial charge in [0.05, 0.1) is 23.0 Å². The summed E-state index contributed by atoms with van der Waals surface area (Å²) in [5.74, 6) is 0.725. The lowest BCUT2D eigenvalue weighted by molar-refractivity contribution is -0.191. The Hall–Kier alpha value is -0.630. The fourth-order valence-electron chi connectivity index (χ4n) is 4.92. The van der Waals surface area contributed by atoms with Crippen molar-refractivity contribution in [2.45, 2.75) is 69.5 Å². The molecule has 0 unspecified atom stereocenters. The second kappa shape index (κ2) is 3.69. The van der Waals surface area contributed by atoms with Crippen LogP contribution in [0.25, 0.3) is 0 Å². The van der Waals surface area contributed by atoms with Gasteiger partial charge in [-0.1, -0.05) is 44.3 Å². The van der Waals surface area contributed by atoms with E-state index in [1.54, 1.807) is 0 Å². The summed E-state index contributed by atoms with van der Waals surface area (Å²) < 4.78 is 6.42. The Morgan fingerprint density at radius 1 is 1.06 bits per heavy atom. The van der Waals surface area contributed by atoms with Crippen molar-refractivity contribution < 1.29 is 9.53 Å². The number of ketones is 1. The molecule has 0 aromatic carbocycles. The average molecular weight is 246 g/mol. The Bertz CT molecular complexity index is 405. The number of fused-ring (bicyclic) bond motifs is 2. The Morgan fingerprint density at radius 3 is 2.67 bits per heavy atom. The zero-order valence-electron chi connectivity index (χ0n) is 11.0. The molecule has 0 radical (unpaired) electrons. The van der Waals surface area contributed by atoms with Gasteiger partial charge >= 0.3 is 0 Å². The number of carbonyl (C=O) groups is 1. The minimum absolute atomic E-state index is 0.0969. The lowest BCUT2D eigenvalue weighted by atomic mass is 9.59. The fraction of sp³-hybridized carbons (Fsp3) is 0.812. The first-order valence-electron chi connectivity index (χ1n) is 7.68. The molecule has 2 bridgehead atoms. The standard InChI is InChI=1S/C16H22O2/c17-14-12-6-2-5-10-16(12)11-7-13(18-16)15(14)8-3-1-4-9-15/h7,11-13H,1-6,8-10H2/t12-,13+,16-/m1/s1. The summed E-state index contributed by atoms with van der Waals surface area (Å²) in [4.78, 5) is 13.1. The van der Waals surface area contributed by atoms with Crippen molar-refractivity contribution in [3.8, 4) is 0 Å². The highest BCUT2D eigenvalue weighted by Crippen LogP contribution is 2.57. The van der Waals surface area contributed by atoms with E-state index in [0.29, 0.717) is 5.78 Å². The molecule has 2 aliphatic carbocycles.